The van der Waals surface area contributed by atoms with Crippen LogP contribution < -0.4 is 10.2 Å². The summed E-state index contributed by atoms with van der Waals surface area (Å²) in [6, 6.07) is 17.9. The van der Waals surface area contributed by atoms with E-state index in [1.807, 2.05) is 66.4 Å². The zero-order valence-electron chi connectivity index (χ0n) is 16.3. The van der Waals surface area contributed by atoms with Crippen LogP contribution in [0.1, 0.15) is 19.8 Å². The fourth-order valence-electron chi connectivity index (χ4n) is 3.20. The van der Waals surface area contributed by atoms with Crippen molar-refractivity contribution >= 4 is 35.0 Å². The predicted molar refractivity (Wildman–Crippen MR) is 116 cm³/mol. The first-order valence-electron chi connectivity index (χ1n) is 9.76. The van der Waals surface area contributed by atoms with Gasteiger partial charge in [0.1, 0.15) is 0 Å². The van der Waals surface area contributed by atoms with Gasteiger partial charge in [-0.2, -0.15) is 0 Å². The molecule has 1 aliphatic heterocycles. The Morgan fingerprint density at radius 2 is 1.64 bits per heavy atom. The van der Waals surface area contributed by atoms with Crippen molar-refractivity contribution in [1.29, 1.82) is 0 Å². The summed E-state index contributed by atoms with van der Waals surface area (Å²) in [5, 5.41) is 2.95. The van der Waals surface area contributed by atoms with Crippen LogP contribution in [0.15, 0.2) is 59.5 Å². The fourth-order valence-corrected chi connectivity index (χ4v) is 3.92. The SMILES string of the molecule is CCCC(=O)N1CCN(c2ccc(NC(=O)CSc3ccccc3)cc2)CC1. The van der Waals surface area contributed by atoms with Crippen LogP contribution in [0.25, 0.3) is 0 Å². The van der Waals surface area contributed by atoms with Crippen LogP contribution in [0.3, 0.4) is 0 Å². The Hall–Kier alpha value is -2.47. The molecule has 2 amide bonds. The third-order valence-electron chi connectivity index (χ3n) is 4.73. The highest BCUT2D eigenvalue weighted by molar-refractivity contribution is 8.00. The van der Waals surface area contributed by atoms with Crippen LogP contribution >= 0.6 is 11.8 Å². The van der Waals surface area contributed by atoms with Crippen molar-refractivity contribution in [2.75, 3.05) is 42.1 Å². The highest BCUT2D eigenvalue weighted by Gasteiger charge is 2.20. The first kappa shape index (κ1) is 20.3. The number of carbonyl (C=O) groups excluding carboxylic acids is 2. The summed E-state index contributed by atoms with van der Waals surface area (Å²) in [5.41, 5.74) is 1.93. The second-order valence-corrected chi connectivity index (χ2v) is 7.86. The van der Waals surface area contributed by atoms with Gasteiger partial charge in [-0.15, -0.1) is 11.8 Å². The Balaban J connectivity index is 1.46. The molecular weight excluding hydrogens is 370 g/mol. The smallest absolute Gasteiger partial charge is 0.234 e. The standard InChI is InChI=1S/C22H27N3O2S/c1-2-6-22(27)25-15-13-24(14-16-25)19-11-9-18(10-12-19)23-21(26)17-28-20-7-4-3-5-8-20/h3-5,7-12H,2,6,13-17H2,1H3,(H,23,26). The van der Waals surface area contributed by atoms with Crippen LogP contribution in [0.5, 0.6) is 0 Å². The summed E-state index contributed by atoms with van der Waals surface area (Å²) in [7, 11) is 0. The topological polar surface area (TPSA) is 52.7 Å². The van der Waals surface area contributed by atoms with E-state index in [0.717, 1.165) is 48.9 Å². The van der Waals surface area contributed by atoms with Crippen LogP contribution in [0.4, 0.5) is 11.4 Å². The zero-order valence-corrected chi connectivity index (χ0v) is 17.1. The van der Waals surface area contributed by atoms with Gasteiger partial charge in [0.25, 0.3) is 0 Å². The van der Waals surface area contributed by atoms with E-state index in [1.54, 1.807) is 0 Å². The van der Waals surface area contributed by atoms with Gasteiger partial charge >= 0.3 is 0 Å². The van der Waals surface area contributed by atoms with E-state index < -0.39 is 0 Å². The molecule has 0 saturated carbocycles. The molecule has 6 heteroatoms. The molecule has 0 radical (unpaired) electrons. The lowest BCUT2D eigenvalue weighted by Gasteiger charge is -2.36. The first-order chi connectivity index (χ1) is 13.7. The number of hydrogen-bond acceptors (Lipinski definition) is 4. The Bertz CT molecular complexity index is 772. The molecule has 0 atom stereocenters. The van der Waals surface area contributed by atoms with E-state index in [1.165, 1.54) is 11.8 Å². The normalized spacial score (nSPS) is 14.0. The summed E-state index contributed by atoms with van der Waals surface area (Å²) < 4.78 is 0. The quantitative estimate of drug-likeness (QED) is 0.721. The van der Waals surface area contributed by atoms with Crippen molar-refractivity contribution < 1.29 is 9.59 Å². The lowest BCUT2D eigenvalue weighted by atomic mass is 10.2. The predicted octanol–water partition coefficient (Wildman–Crippen LogP) is 3.87. The molecule has 1 heterocycles. The Kier molecular flexibility index (Phi) is 7.37. The lowest BCUT2D eigenvalue weighted by Crippen LogP contribution is -2.48. The molecule has 1 fully saturated rings. The molecular formula is C22H27N3O2S. The number of piperazine rings is 1. The fraction of sp³-hybridized carbons (Fsp3) is 0.364. The maximum atomic E-state index is 12.1. The van der Waals surface area contributed by atoms with Gasteiger partial charge in [0.15, 0.2) is 0 Å². The van der Waals surface area contributed by atoms with E-state index in [9.17, 15) is 9.59 Å². The number of anilines is 2. The second kappa shape index (κ2) is 10.2. The number of hydrogen-bond donors (Lipinski definition) is 1. The monoisotopic (exact) mass is 397 g/mol. The number of carbonyl (C=O) groups is 2. The third kappa shape index (κ3) is 5.76. The van der Waals surface area contributed by atoms with Gasteiger partial charge in [-0.25, -0.2) is 0 Å². The van der Waals surface area contributed by atoms with Crippen molar-refractivity contribution in [3.8, 4) is 0 Å². The van der Waals surface area contributed by atoms with Crippen molar-refractivity contribution in [2.24, 2.45) is 0 Å². The average Bonchev–Trinajstić information content (AvgIpc) is 2.74. The largest absolute Gasteiger partial charge is 0.368 e. The first-order valence-corrected chi connectivity index (χ1v) is 10.7. The molecule has 0 spiro atoms. The van der Waals surface area contributed by atoms with E-state index in [2.05, 4.69) is 10.2 Å². The summed E-state index contributed by atoms with van der Waals surface area (Å²) in [5.74, 6) is 0.637. The lowest BCUT2D eigenvalue weighted by molar-refractivity contribution is -0.131. The Morgan fingerprint density at radius 3 is 2.29 bits per heavy atom. The number of nitrogens with zero attached hydrogens (tertiary/aromatic N) is 2. The van der Waals surface area contributed by atoms with Gasteiger partial charge in [0.2, 0.25) is 11.8 Å². The second-order valence-electron chi connectivity index (χ2n) is 6.81. The molecule has 5 nitrogen and oxygen atoms in total. The van der Waals surface area contributed by atoms with Gasteiger partial charge in [0.05, 0.1) is 5.75 Å². The maximum Gasteiger partial charge on any atom is 0.234 e. The molecule has 0 unspecified atom stereocenters. The van der Waals surface area contributed by atoms with Crippen LogP contribution in [-0.4, -0.2) is 48.6 Å². The number of benzene rings is 2. The van der Waals surface area contributed by atoms with E-state index in [-0.39, 0.29) is 11.8 Å². The Morgan fingerprint density at radius 1 is 0.964 bits per heavy atom. The van der Waals surface area contributed by atoms with Crippen LogP contribution in [0, 0.1) is 0 Å². The van der Waals surface area contributed by atoms with E-state index in [0.29, 0.717) is 12.2 Å². The molecule has 2 aromatic rings. The summed E-state index contributed by atoms with van der Waals surface area (Å²) in [4.78, 5) is 29.5. The van der Waals surface area contributed by atoms with Gasteiger partial charge in [-0.1, -0.05) is 25.1 Å². The van der Waals surface area contributed by atoms with Crippen molar-refractivity contribution in [1.82, 2.24) is 4.90 Å². The highest BCUT2D eigenvalue weighted by Crippen LogP contribution is 2.21. The van der Waals surface area contributed by atoms with Gasteiger partial charge in [0, 0.05) is 48.9 Å². The number of rotatable bonds is 7. The molecule has 1 saturated heterocycles. The highest BCUT2D eigenvalue weighted by atomic mass is 32.2. The minimum Gasteiger partial charge on any atom is -0.368 e. The van der Waals surface area contributed by atoms with E-state index >= 15 is 0 Å². The summed E-state index contributed by atoms with van der Waals surface area (Å²) in [6.07, 6.45) is 1.53. The molecule has 148 valence electrons. The summed E-state index contributed by atoms with van der Waals surface area (Å²) >= 11 is 1.53. The maximum absolute atomic E-state index is 12.1. The van der Waals surface area contributed by atoms with Crippen molar-refractivity contribution in [2.45, 2.75) is 24.7 Å². The zero-order chi connectivity index (χ0) is 19.8. The molecule has 3 rings (SSSR count). The molecule has 0 bridgehead atoms. The number of nitrogens with one attached hydrogen (secondary N) is 1. The van der Waals surface area contributed by atoms with Crippen LogP contribution in [0.2, 0.25) is 0 Å². The average molecular weight is 398 g/mol. The molecule has 28 heavy (non-hydrogen) atoms. The molecule has 2 aromatic carbocycles. The molecule has 0 aromatic heterocycles. The minimum atomic E-state index is -0.00958. The molecule has 0 aliphatic carbocycles. The van der Waals surface area contributed by atoms with Crippen LogP contribution in [-0.2, 0) is 9.59 Å². The molecule has 1 N–H and O–H groups in total. The van der Waals surface area contributed by atoms with Gasteiger partial charge < -0.3 is 15.1 Å². The van der Waals surface area contributed by atoms with E-state index in [4.69, 9.17) is 0 Å². The number of thioether (sulfide) groups is 1. The minimum absolute atomic E-state index is 0.00958. The van der Waals surface area contributed by atoms with Crippen molar-refractivity contribution in [3.05, 3.63) is 54.6 Å². The number of amides is 2. The third-order valence-corrected chi connectivity index (χ3v) is 5.74. The Labute approximate surface area is 171 Å². The molecule has 1 aliphatic rings. The summed E-state index contributed by atoms with van der Waals surface area (Å²) in [6.45, 7) is 5.26. The van der Waals surface area contributed by atoms with Gasteiger partial charge in [-0.05, 0) is 42.8 Å². The van der Waals surface area contributed by atoms with Gasteiger partial charge in [-0.3, -0.25) is 9.59 Å². The van der Waals surface area contributed by atoms with Crippen molar-refractivity contribution in [3.63, 3.8) is 0 Å².